The molecule has 2 unspecified atom stereocenters. The van der Waals surface area contributed by atoms with Crippen LogP contribution in [0.25, 0.3) is 0 Å². The zero-order valence-electron chi connectivity index (χ0n) is 9.67. The molecule has 1 aliphatic carbocycles. The highest BCUT2D eigenvalue weighted by Gasteiger charge is 2.40. The Morgan fingerprint density at radius 1 is 1.40 bits per heavy atom. The van der Waals surface area contributed by atoms with Gasteiger partial charge in [0, 0.05) is 18.6 Å². The molecule has 0 aromatic heterocycles. The summed E-state index contributed by atoms with van der Waals surface area (Å²) in [4.78, 5) is 11.5. The Morgan fingerprint density at radius 2 is 2.13 bits per heavy atom. The molecule has 2 fully saturated rings. The molecule has 1 saturated carbocycles. The van der Waals surface area contributed by atoms with Gasteiger partial charge in [0.25, 0.3) is 0 Å². The molecule has 1 amide bonds. The SMILES string of the molecule is CC(C)(C)OC(=O)N[C@@H]1CC2CC1CN2. The Labute approximate surface area is 90.8 Å². The minimum absolute atomic E-state index is 0.278. The molecule has 2 aliphatic rings. The first-order chi connectivity index (χ1) is 6.94. The first-order valence-corrected chi connectivity index (χ1v) is 5.67. The van der Waals surface area contributed by atoms with E-state index in [2.05, 4.69) is 10.6 Å². The highest BCUT2D eigenvalue weighted by molar-refractivity contribution is 5.68. The second-order valence-corrected chi connectivity index (χ2v) is 5.59. The van der Waals surface area contributed by atoms with E-state index < -0.39 is 5.60 Å². The lowest BCUT2D eigenvalue weighted by atomic mass is 10.0. The van der Waals surface area contributed by atoms with Gasteiger partial charge in [-0.1, -0.05) is 0 Å². The number of fused-ring (bicyclic) bond motifs is 2. The summed E-state index contributed by atoms with van der Waals surface area (Å²) >= 11 is 0. The second-order valence-electron chi connectivity index (χ2n) is 5.59. The van der Waals surface area contributed by atoms with Crippen LogP contribution < -0.4 is 10.6 Å². The predicted octanol–water partition coefficient (Wildman–Crippen LogP) is 1.26. The van der Waals surface area contributed by atoms with Gasteiger partial charge in [-0.05, 0) is 39.5 Å². The normalized spacial score (nSPS) is 34.2. The number of piperidine rings is 1. The summed E-state index contributed by atoms with van der Waals surface area (Å²) in [6.45, 7) is 6.68. The first-order valence-electron chi connectivity index (χ1n) is 5.67. The number of nitrogens with one attached hydrogen (secondary N) is 2. The maximum absolute atomic E-state index is 11.5. The summed E-state index contributed by atoms with van der Waals surface area (Å²) < 4.78 is 5.24. The van der Waals surface area contributed by atoms with E-state index in [4.69, 9.17) is 4.74 Å². The maximum atomic E-state index is 11.5. The van der Waals surface area contributed by atoms with Crippen LogP contribution in [0.3, 0.4) is 0 Å². The fraction of sp³-hybridized carbons (Fsp3) is 0.909. The average molecular weight is 212 g/mol. The van der Waals surface area contributed by atoms with Gasteiger partial charge in [-0.2, -0.15) is 0 Å². The molecular weight excluding hydrogens is 192 g/mol. The summed E-state index contributed by atoms with van der Waals surface area (Å²) in [7, 11) is 0. The Kier molecular flexibility index (Phi) is 2.63. The quantitative estimate of drug-likeness (QED) is 0.688. The Hall–Kier alpha value is -0.770. The minimum atomic E-state index is -0.403. The lowest BCUT2D eigenvalue weighted by molar-refractivity contribution is 0.0490. The number of amides is 1. The van der Waals surface area contributed by atoms with Gasteiger partial charge in [-0.3, -0.25) is 0 Å². The van der Waals surface area contributed by atoms with E-state index in [1.165, 1.54) is 6.42 Å². The smallest absolute Gasteiger partial charge is 0.407 e. The first kappa shape index (κ1) is 10.7. The molecule has 2 N–H and O–H groups in total. The summed E-state index contributed by atoms with van der Waals surface area (Å²) in [6.07, 6.45) is 1.96. The largest absolute Gasteiger partial charge is 0.444 e. The molecule has 4 heteroatoms. The van der Waals surface area contributed by atoms with Crippen LogP contribution in [0.4, 0.5) is 4.79 Å². The average Bonchev–Trinajstić information content (AvgIpc) is 2.60. The van der Waals surface area contributed by atoms with E-state index in [0.717, 1.165) is 13.0 Å². The van der Waals surface area contributed by atoms with E-state index in [9.17, 15) is 4.79 Å². The van der Waals surface area contributed by atoms with Crippen molar-refractivity contribution < 1.29 is 9.53 Å². The standard InChI is InChI=1S/C11H20N2O2/c1-11(2,3)15-10(14)13-9-5-8-4-7(9)6-12-8/h7-9,12H,4-6H2,1-3H3,(H,13,14)/t7?,8?,9-/m1/s1. The van der Waals surface area contributed by atoms with Crippen molar-refractivity contribution in [2.45, 2.75) is 51.3 Å². The molecule has 1 saturated heterocycles. The molecule has 0 spiro atoms. The second kappa shape index (κ2) is 3.67. The van der Waals surface area contributed by atoms with Gasteiger partial charge < -0.3 is 15.4 Å². The van der Waals surface area contributed by atoms with Crippen LogP contribution in [0.15, 0.2) is 0 Å². The third-order valence-electron chi connectivity index (χ3n) is 3.07. The molecule has 3 atom stereocenters. The van der Waals surface area contributed by atoms with Crippen LogP contribution in [-0.2, 0) is 4.74 Å². The number of carbonyl (C=O) groups is 1. The molecule has 0 aromatic rings. The van der Waals surface area contributed by atoms with E-state index in [1.807, 2.05) is 20.8 Å². The molecule has 2 rings (SSSR count). The number of carbonyl (C=O) groups excluding carboxylic acids is 1. The Morgan fingerprint density at radius 3 is 2.60 bits per heavy atom. The monoisotopic (exact) mass is 212 g/mol. The zero-order chi connectivity index (χ0) is 11.1. The molecule has 86 valence electrons. The number of ether oxygens (including phenoxy) is 1. The predicted molar refractivity (Wildman–Crippen MR) is 57.7 cm³/mol. The molecule has 1 heterocycles. The van der Waals surface area contributed by atoms with Gasteiger partial charge in [0.15, 0.2) is 0 Å². The molecule has 0 radical (unpaired) electrons. The lowest BCUT2D eigenvalue weighted by Gasteiger charge is -2.26. The van der Waals surface area contributed by atoms with Crippen LogP contribution in [0.1, 0.15) is 33.6 Å². The lowest BCUT2D eigenvalue weighted by Crippen LogP contribution is -2.45. The summed E-state index contributed by atoms with van der Waals surface area (Å²) in [5.74, 6) is 0.600. The van der Waals surface area contributed by atoms with Crippen molar-refractivity contribution in [1.82, 2.24) is 10.6 Å². The number of hydrogen-bond acceptors (Lipinski definition) is 3. The van der Waals surface area contributed by atoms with Crippen LogP contribution >= 0.6 is 0 Å². The topological polar surface area (TPSA) is 50.4 Å². The Bertz CT molecular complexity index is 260. The summed E-state index contributed by atoms with van der Waals surface area (Å²) in [6, 6.07) is 0.918. The molecule has 15 heavy (non-hydrogen) atoms. The summed E-state index contributed by atoms with van der Waals surface area (Å²) in [5.41, 5.74) is -0.403. The van der Waals surface area contributed by atoms with Gasteiger partial charge >= 0.3 is 6.09 Å². The molecule has 0 aromatic carbocycles. The van der Waals surface area contributed by atoms with E-state index >= 15 is 0 Å². The minimum Gasteiger partial charge on any atom is -0.444 e. The van der Waals surface area contributed by atoms with Crippen molar-refractivity contribution in [1.29, 1.82) is 0 Å². The van der Waals surface area contributed by atoms with Crippen molar-refractivity contribution in [3.63, 3.8) is 0 Å². The van der Waals surface area contributed by atoms with Gasteiger partial charge in [-0.25, -0.2) is 4.79 Å². The van der Waals surface area contributed by atoms with Crippen molar-refractivity contribution in [2.75, 3.05) is 6.54 Å². The number of alkyl carbamates (subject to hydrolysis) is 1. The van der Waals surface area contributed by atoms with Crippen LogP contribution in [0.2, 0.25) is 0 Å². The van der Waals surface area contributed by atoms with Crippen molar-refractivity contribution in [3.05, 3.63) is 0 Å². The summed E-state index contributed by atoms with van der Waals surface area (Å²) in [5, 5.41) is 6.38. The number of rotatable bonds is 1. The van der Waals surface area contributed by atoms with Crippen molar-refractivity contribution in [2.24, 2.45) is 5.92 Å². The molecular formula is C11H20N2O2. The Balaban J connectivity index is 1.80. The van der Waals surface area contributed by atoms with Gasteiger partial charge in [0.2, 0.25) is 0 Å². The van der Waals surface area contributed by atoms with Crippen LogP contribution in [-0.4, -0.2) is 30.3 Å². The molecule has 1 aliphatic heterocycles. The van der Waals surface area contributed by atoms with Crippen molar-refractivity contribution in [3.8, 4) is 0 Å². The third kappa shape index (κ3) is 2.62. The van der Waals surface area contributed by atoms with Crippen LogP contribution in [0.5, 0.6) is 0 Å². The molecule has 4 nitrogen and oxygen atoms in total. The van der Waals surface area contributed by atoms with Crippen molar-refractivity contribution >= 4 is 6.09 Å². The fourth-order valence-electron chi connectivity index (χ4n) is 2.47. The highest BCUT2D eigenvalue weighted by Crippen LogP contribution is 2.31. The highest BCUT2D eigenvalue weighted by atomic mass is 16.6. The fourth-order valence-corrected chi connectivity index (χ4v) is 2.47. The van der Waals surface area contributed by atoms with E-state index in [0.29, 0.717) is 18.0 Å². The van der Waals surface area contributed by atoms with E-state index in [-0.39, 0.29) is 6.09 Å². The zero-order valence-corrected chi connectivity index (χ0v) is 9.67. The number of hydrogen-bond donors (Lipinski definition) is 2. The third-order valence-corrected chi connectivity index (χ3v) is 3.07. The maximum Gasteiger partial charge on any atom is 0.407 e. The van der Waals surface area contributed by atoms with Gasteiger partial charge in [0.1, 0.15) is 5.60 Å². The van der Waals surface area contributed by atoms with Gasteiger partial charge in [-0.15, -0.1) is 0 Å². The molecule has 2 bridgehead atoms. The van der Waals surface area contributed by atoms with Crippen LogP contribution in [0, 0.1) is 5.92 Å². The van der Waals surface area contributed by atoms with E-state index in [1.54, 1.807) is 0 Å². The van der Waals surface area contributed by atoms with Gasteiger partial charge in [0.05, 0.1) is 0 Å².